The van der Waals surface area contributed by atoms with Gasteiger partial charge in [-0.05, 0) is 29.3 Å². The molecule has 0 bridgehead atoms. The zero-order valence-electron chi connectivity index (χ0n) is 8.00. The second-order valence-electron chi connectivity index (χ2n) is 3.00. The number of halogens is 1. The summed E-state index contributed by atoms with van der Waals surface area (Å²) in [5.74, 6) is 0. The van der Waals surface area contributed by atoms with Crippen LogP contribution in [0.1, 0.15) is 38.5 Å². The van der Waals surface area contributed by atoms with Crippen molar-refractivity contribution < 1.29 is 5.11 Å². The second-order valence-corrected chi connectivity index (χ2v) is 3.85. The van der Waals surface area contributed by atoms with Crippen LogP contribution < -0.4 is 0 Å². The maximum absolute atomic E-state index is 9.81. The van der Waals surface area contributed by atoms with Crippen molar-refractivity contribution >= 4 is 15.9 Å². The molecule has 0 saturated heterocycles. The molecule has 0 amide bonds. The standard InChI is InChI=1S/C9H15BrN2O/c1-3-5-8(13)9-7(10)6-11-12(9)4-2/h6,8,13H,3-5H2,1-2H3. The Bertz CT molecular complexity index is 273. The Morgan fingerprint density at radius 2 is 2.31 bits per heavy atom. The molecular weight excluding hydrogens is 232 g/mol. The predicted octanol–water partition coefficient (Wildman–Crippen LogP) is 2.50. The first-order valence-electron chi connectivity index (χ1n) is 4.60. The molecule has 0 fully saturated rings. The van der Waals surface area contributed by atoms with Crippen LogP contribution in [0.4, 0.5) is 0 Å². The van der Waals surface area contributed by atoms with Crippen molar-refractivity contribution in [2.75, 3.05) is 0 Å². The minimum Gasteiger partial charge on any atom is -0.387 e. The molecule has 1 unspecified atom stereocenters. The van der Waals surface area contributed by atoms with E-state index in [0.29, 0.717) is 0 Å². The maximum atomic E-state index is 9.81. The lowest BCUT2D eigenvalue weighted by Crippen LogP contribution is -2.08. The first-order chi connectivity index (χ1) is 6.20. The molecule has 0 aliphatic carbocycles. The summed E-state index contributed by atoms with van der Waals surface area (Å²) in [6.07, 6.45) is 3.09. The number of aromatic nitrogens is 2. The number of aliphatic hydroxyl groups excluding tert-OH is 1. The highest BCUT2D eigenvalue weighted by Gasteiger charge is 2.15. The van der Waals surface area contributed by atoms with Crippen LogP contribution in [0.5, 0.6) is 0 Å². The Labute approximate surface area is 86.9 Å². The SMILES string of the molecule is CCCC(O)c1c(Br)cnn1CC. The number of hydrogen-bond donors (Lipinski definition) is 1. The highest BCUT2D eigenvalue weighted by atomic mass is 79.9. The summed E-state index contributed by atoms with van der Waals surface area (Å²) < 4.78 is 2.72. The first kappa shape index (κ1) is 10.7. The molecule has 0 radical (unpaired) electrons. The van der Waals surface area contributed by atoms with Crippen LogP contribution in [-0.4, -0.2) is 14.9 Å². The van der Waals surface area contributed by atoms with E-state index in [9.17, 15) is 5.11 Å². The minimum atomic E-state index is -0.401. The topological polar surface area (TPSA) is 38.1 Å². The Kier molecular flexibility index (Phi) is 3.93. The van der Waals surface area contributed by atoms with Crippen LogP contribution >= 0.6 is 15.9 Å². The van der Waals surface area contributed by atoms with Crippen molar-refractivity contribution in [3.05, 3.63) is 16.4 Å². The van der Waals surface area contributed by atoms with Gasteiger partial charge >= 0.3 is 0 Å². The number of aliphatic hydroxyl groups is 1. The van der Waals surface area contributed by atoms with Crippen LogP contribution in [0.2, 0.25) is 0 Å². The molecule has 0 spiro atoms. The zero-order valence-corrected chi connectivity index (χ0v) is 9.58. The molecule has 1 heterocycles. The quantitative estimate of drug-likeness (QED) is 0.887. The zero-order chi connectivity index (χ0) is 9.84. The molecule has 0 aliphatic heterocycles. The molecule has 74 valence electrons. The molecule has 0 saturated carbocycles. The van der Waals surface area contributed by atoms with Crippen LogP contribution in [0, 0.1) is 0 Å². The van der Waals surface area contributed by atoms with Crippen molar-refractivity contribution in [1.29, 1.82) is 0 Å². The minimum absolute atomic E-state index is 0.401. The molecule has 1 rings (SSSR count). The van der Waals surface area contributed by atoms with E-state index >= 15 is 0 Å². The van der Waals surface area contributed by atoms with Gasteiger partial charge in [0.05, 0.1) is 22.5 Å². The Hall–Kier alpha value is -0.350. The molecule has 1 aromatic heterocycles. The van der Waals surface area contributed by atoms with Gasteiger partial charge < -0.3 is 5.11 Å². The predicted molar refractivity (Wildman–Crippen MR) is 55.5 cm³/mol. The van der Waals surface area contributed by atoms with Crippen molar-refractivity contribution in [3.8, 4) is 0 Å². The van der Waals surface area contributed by atoms with E-state index in [1.807, 2.05) is 11.6 Å². The maximum Gasteiger partial charge on any atom is 0.0968 e. The van der Waals surface area contributed by atoms with E-state index in [-0.39, 0.29) is 0 Å². The second kappa shape index (κ2) is 4.77. The number of aryl methyl sites for hydroxylation is 1. The van der Waals surface area contributed by atoms with Gasteiger partial charge in [0.1, 0.15) is 0 Å². The Morgan fingerprint density at radius 1 is 1.62 bits per heavy atom. The summed E-state index contributed by atoms with van der Waals surface area (Å²) in [6, 6.07) is 0. The van der Waals surface area contributed by atoms with E-state index in [2.05, 4.69) is 28.0 Å². The third-order valence-corrected chi connectivity index (χ3v) is 2.62. The van der Waals surface area contributed by atoms with E-state index in [1.165, 1.54) is 0 Å². The highest BCUT2D eigenvalue weighted by Crippen LogP contribution is 2.26. The summed E-state index contributed by atoms with van der Waals surface area (Å²) in [5.41, 5.74) is 0.893. The molecule has 1 aromatic rings. The molecular formula is C9H15BrN2O. The van der Waals surface area contributed by atoms with Crippen molar-refractivity contribution in [2.45, 2.75) is 39.3 Å². The van der Waals surface area contributed by atoms with Crippen molar-refractivity contribution in [3.63, 3.8) is 0 Å². The fraction of sp³-hybridized carbons (Fsp3) is 0.667. The number of hydrogen-bond acceptors (Lipinski definition) is 2. The summed E-state index contributed by atoms with van der Waals surface area (Å²) in [6.45, 7) is 4.87. The van der Waals surface area contributed by atoms with Gasteiger partial charge in [-0.15, -0.1) is 0 Å². The Balaban J connectivity index is 2.89. The molecule has 4 heteroatoms. The van der Waals surface area contributed by atoms with E-state index in [0.717, 1.165) is 29.6 Å². The third kappa shape index (κ3) is 2.31. The molecule has 1 N–H and O–H groups in total. The van der Waals surface area contributed by atoms with Crippen LogP contribution in [0.25, 0.3) is 0 Å². The third-order valence-electron chi connectivity index (χ3n) is 2.01. The summed E-state index contributed by atoms with van der Waals surface area (Å²) in [7, 11) is 0. The molecule has 3 nitrogen and oxygen atoms in total. The van der Waals surface area contributed by atoms with Gasteiger partial charge in [0, 0.05) is 6.54 Å². The van der Waals surface area contributed by atoms with Crippen molar-refractivity contribution in [1.82, 2.24) is 9.78 Å². The summed E-state index contributed by atoms with van der Waals surface area (Å²) in [5, 5.41) is 14.0. The van der Waals surface area contributed by atoms with Crippen LogP contribution in [0.3, 0.4) is 0 Å². The molecule has 0 aromatic carbocycles. The van der Waals surface area contributed by atoms with Gasteiger partial charge in [-0.25, -0.2) is 0 Å². The van der Waals surface area contributed by atoms with Crippen molar-refractivity contribution in [2.24, 2.45) is 0 Å². The van der Waals surface area contributed by atoms with Gasteiger partial charge in [-0.1, -0.05) is 13.3 Å². The number of rotatable bonds is 4. The van der Waals surface area contributed by atoms with Gasteiger partial charge in [-0.3, -0.25) is 4.68 Å². The fourth-order valence-corrected chi connectivity index (χ4v) is 1.93. The average molecular weight is 247 g/mol. The monoisotopic (exact) mass is 246 g/mol. The summed E-state index contributed by atoms with van der Waals surface area (Å²) in [4.78, 5) is 0. The lowest BCUT2D eigenvalue weighted by Gasteiger charge is -2.11. The molecule has 1 atom stereocenters. The normalized spacial score (nSPS) is 13.2. The first-order valence-corrected chi connectivity index (χ1v) is 5.39. The average Bonchev–Trinajstić information content (AvgIpc) is 2.47. The van der Waals surface area contributed by atoms with Gasteiger partial charge in [0.15, 0.2) is 0 Å². The fourth-order valence-electron chi connectivity index (χ4n) is 1.37. The highest BCUT2D eigenvalue weighted by molar-refractivity contribution is 9.10. The molecule has 0 aliphatic rings. The van der Waals surface area contributed by atoms with Crippen LogP contribution in [0.15, 0.2) is 10.7 Å². The van der Waals surface area contributed by atoms with Crippen LogP contribution in [-0.2, 0) is 6.54 Å². The number of nitrogens with zero attached hydrogens (tertiary/aromatic N) is 2. The Morgan fingerprint density at radius 3 is 2.85 bits per heavy atom. The van der Waals surface area contributed by atoms with E-state index in [4.69, 9.17) is 0 Å². The van der Waals surface area contributed by atoms with Gasteiger partial charge in [0.2, 0.25) is 0 Å². The molecule has 13 heavy (non-hydrogen) atoms. The lowest BCUT2D eigenvalue weighted by atomic mass is 10.1. The summed E-state index contributed by atoms with van der Waals surface area (Å²) >= 11 is 3.39. The van der Waals surface area contributed by atoms with E-state index < -0.39 is 6.10 Å². The smallest absolute Gasteiger partial charge is 0.0968 e. The van der Waals surface area contributed by atoms with Gasteiger partial charge in [-0.2, -0.15) is 5.10 Å². The lowest BCUT2D eigenvalue weighted by molar-refractivity contribution is 0.155. The van der Waals surface area contributed by atoms with E-state index in [1.54, 1.807) is 6.20 Å². The van der Waals surface area contributed by atoms with Gasteiger partial charge in [0.25, 0.3) is 0 Å². The largest absolute Gasteiger partial charge is 0.387 e.